The second-order valence-electron chi connectivity index (χ2n) is 6.67. The van der Waals surface area contributed by atoms with Gasteiger partial charge in [-0.1, -0.05) is 18.2 Å². The molecule has 0 unspecified atom stereocenters. The average molecular weight is 352 g/mol. The van der Waals surface area contributed by atoms with Crippen LogP contribution in [0.5, 0.6) is 5.75 Å². The van der Waals surface area contributed by atoms with Gasteiger partial charge in [-0.25, -0.2) is 0 Å². The van der Waals surface area contributed by atoms with Crippen molar-refractivity contribution in [3.05, 3.63) is 53.6 Å². The van der Waals surface area contributed by atoms with Crippen LogP contribution in [-0.4, -0.2) is 25.0 Å². The van der Waals surface area contributed by atoms with E-state index in [4.69, 9.17) is 4.74 Å². The fourth-order valence-electron chi connectivity index (χ4n) is 3.33. The van der Waals surface area contributed by atoms with Crippen LogP contribution in [0.4, 0.5) is 11.4 Å². The summed E-state index contributed by atoms with van der Waals surface area (Å²) >= 11 is 0. The summed E-state index contributed by atoms with van der Waals surface area (Å²) in [6.07, 6.45) is 0.218. The Morgan fingerprint density at radius 3 is 2.58 bits per heavy atom. The highest BCUT2D eigenvalue weighted by molar-refractivity contribution is 6.04. The largest absolute Gasteiger partial charge is 0.492 e. The standard InChI is InChI=1S/C21H24N2O3/c1-4-26-19-8-6-5-7-18(19)22-21(25)16-12-20(24)23(13-16)17-10-14(2)9-15(3)11-17/h5-11,16H,4,12-13H2,1-3H3,(H,22,25)/t16-/m0/s1. The van der Waals surface area contributed by atoms with Crippen LogP contribution in [0, 0.1) is 19.8 Å². The molecule has 5 nitrogen and oxygen atoms in total. The van der Waals surface area contributed by atoms with E-state index in [9.17, 15) is 9.59 Å². The average Bonchev–Trinajstić information content (AvgIpc) is 2.98. The van der Waals surface area contributed by atoms with Gasteiger partial charge in [-0.05, 0) is 56.2 Å². The van der Waals surface area contributed by atoms with Crippen LogP contribution in [0.1, 0.15) is 24.5 Å². The van der Waals surface area contributed by atoms with Crippen molar-refractivity contribution in [3.8, 4) is 5.75 Å². The van der Waals surface area contributed by atoms with E-state index in [0.717, 1.165) is 16.8 Å². The number of aryl methyl sites for hydroxylation is 2. The van der Waals surface area contributed by atoms with Crippen molar-refractivity contribution < 1.29 is 14.3 Å². The molecule has 1 heterocycles. The Hall–Kier alpha value is -2.82. The number of benzene rings is 2. The quantitative estimate of drug-likeness (QED) is 0.893. The van der Waals surface area contributed by atoms with Crippen molar-refractivity contribution in [1.29, 1.82) is 0 Å². The van der Waals surface area contributed by atoms with E-state index in [0.29, 0.717) is 24.6 Å². The number of carbonyl (C=O) groups excluding carboxylic acids is 2. The Kier molecular flexibility index (Phi) is 5.26. The van der Waals surface area contributed by atoms with Crippen molar-refractivity contribution in [2.24, 2.45) is 5.92 Å². The molecule has 2 aromatic rings. The summed E-state index contributed by atoms with van der Waals surface area (Å²) in [6.45, 7) is 6.83. The maximum Gasteiger partial charge on any atom is 0.229 e. The minimum absolute atomic E-state index is 0.0201. The molecule has 1 saturated heterocycles. The van der Waals surface area contributed by atoms with Gasteiger partial charge in [-0.3, -0.25) is 9.59 Å². The van der Waals surface area contributed by atoms with E-state index >= 15 is 0 Å². The highest BCUT2D eigenvalue weighted by Gasteiger charge is 2.35. The number of carbonyl (C=O) groups is 2. The maximum absolute atomic E-state index is 12.7. The summed E-state index contributed by atoms with van der Waals surface area (Å²) in [5.74, 6) is 0.0856. The summed E-state index contributed by atoms with van der Waals surface area (Å²) in [5, 5.41) is 2.91. The Morgan fingerprint density at radius 1 is 1.19 bits per heavy atom. The fraction of sp³-hybridized carbons (Fsp3) is 0.333. The first kappa shape index (κ1) is 18.0. The van der Waals surface area contributed by atoms with Gasteiger partial charge in [-0.2, -0.15) is 0 Å². The molecule has 1 aliphatic rings. The molecule has 0 radical (unpaired) electrons. The lowest BCUT2D eigenvalue weighted by Gasteiger charge is -2.18. The zero-order valence-electron chi connectivity index (χ0n) is 15.4. The summed E-state index contributed by atoms with van der Waals surface area (Å²) in [6, 6.07) is 13.4. The molecule has 1 atom stereocenters. The second kappa shape index (κ2) is 7.60. The molecule has 0 aromatic heterocycles. The number of nitrogens with one attached hydrogen (secondary N) is 1. The molecule has 136 valence electrons. The van der Waals surface area contributed by atoms with E-state index in [1.165, 1.54) is 0 Å². The molecule has 1 fully saturated rings. The third kappa shape index (κ3) is 3.87. The number of rotatable bonds is 5. The molecule has 2 aromatic carbocycles. The first-order chi connectivity index (χ1) is 12.5. The van der Waals surface area contributed by atoms with Crippen LogP contribution < -0.4 is 15.0 Å². The van der Waals surface area contributed by atoms with Gasteiger partial charge in [0.05, 0.1) is 18.2 Å². The lowest BCUT2D eigenvalue weighted by atomic mass is 10.1. The van der Waals surface area contributed by atoms with E-state index in [1.807, 2.05) is 51.1 Å². The minimum atomic E-state index is -0.377. The van der Waals surface area contributed by atoms with E-state index in [2.05, 4.69) is 11.4 Å². The SMILES string of the molecule is CCOc1ccccc1NC(=O)[C@H]1CC(=O)N(c2cc(C)cc(C)c2)C1. The molecule has 0 saturated carbocycles. The van der Waals surface area contributed by atoms with Gasteiger partial charge < -0.3 is 15.0 Å². The predicted molar refractivity (Wildman–Crippen MR) is 103 cm³/mol. The van der Waals surface area contributed by atoms with Gasteiger partial charge >= 0.3 is 0 Å². The molecule has 0 spiro atoms. The molecule has 3 rings (SSSR count). The van der Waals surface area contributed by atoms with Gasteiger partial charge in [0.25, 0.3) is 0 Å². The third-order valence-electron chi connectivity index (χ3n) is 4.46. The van der Waals surface area contributed by atoms with Crippen LogP contribution in [0.15, 0.2) is 42.5 Å². The second-order valence-corrected chi connectivity index (χ2v) is 6.67. The number of hydrogen-bond donors (Lipinski definition) is 1. The van der Waals surface area contributed by atoms with E-state index in [-0.39, 0.29) is 24.2 Å². The molecule has 1 N–H and O–H groups in total. The Labute approximate surface area is 154 Å². The topological polar surface area (TPSA) is 58.6 Å². The van der Waals surface area contributed by atoms with Gasteiger partial charge in [0, 0.05) is 18.7 Å². The lowest BCUT2D eigenvalue weighted by Crippen LogP contribution is -2.28. The molecular formula is C21H24N2O3. The van der Waals surface area contributed by atoms with Gasteiger partial charge in [0.15, 0.2) is 0 Å². The number of hydrogen-bond acceptors (Lipinski definition) is 3. The summed E-state index contributed by atoms with van der Waals surface area (Å²) < 4.78 is 5.55. The Balaban J connectivity index is 1.73. The van der Waals surface area contributed by atoms with Gasteiger partial charge in [-0.15, -0.1) is 0 Å². The summed E-state index contributed by atoms with van der Waals surface area (Å²) in [5.41, 5.74) is 3.70. The number of anilines is 2. The molecule has 2 amide bonds. The minimum Gasteiger partial charge on any atom is -0.492 e. The number of nitrogens with zero attached hydrogens (tertiary/aromatic N) is 1. The monoisotopic (exact) mass is 352 g/mol. The molecule has 0 aliphatic carbocycles. The Morgan fingerprint density at radius 2 is 1.88 bits per heavy atom. The zero-order chi connectivity index (χ0) is 18.7. The highest BCUT2D eigenvalue weighted by Crippen LogP contribution is 2.29. The number of para-hydroxylation sites is 2. The molecule has 1 aliphatic heterocycles. The van der Waals surface area contributed by atoms with Crippen molar-refractivity contribution in [2.75, 3.05) is 23.4 Å². The molecule has 0 bridgehead atoms. The summed E-state index contributed by atoms with van der Waals surface area (Å²) in [7, 11) is 0. The molecule has 5 heteroatoms. The number of ether oxygens (including phenoxy) is 1. The lowest BCUT2D eigenvalue weighted by molar-refractivity contribution is -0.122. The van der Waals surface area contributed by atoms with Gasteiger partial charge in [0.2, 0.25) is 11.8 Å². The van der Waals surface area contributed by atoms with Crippen LogP contribution in [-0.2, 0) is 9.59 Å². The summed E-state index contributed by atoms with van der Waals surface area (Å²) in [4.78, 5) is 26.8. The van der Waals surface area contributed by atoms with Crippen molar-refractivity contribution in [3.63, 3.8) is 0 Å². The fourth-order valence-corrected chi connectivity index (χ4v) is 3.33. The van der Waals surface area contributed by atoms with Crippen LogP contribution in [0.2, 0.25) is 0 Å². The number of amides is 2. The van der Waals surface area contributed by atoms with Crippen LogP contribution in [0.3, 0.4) is 0 Å². The smallest absolute Gasteiger partial charge is 0.229 e. The predicted octanol–water partition coefficient (Wildman–Crippen LogP) is 3.69. The first-order valence-corrected chi connectivity index (χ1v) is 8.89. The molecular weight excluding hydrogens is 328 g/mol. The highest BCUT2D eigenvalue weighted by atomic mass is 16.5. The van der Waals surface area contributed by atoms with Crippen molar-refractivity contribution in [2.45, 2.75) is 27.2 Å². The molecule has 26 heavy (non-hydrogen) atoms. The van der Waals surface area contributed by atoms with Crippen molar-refractivity contribution >= 4 is 23.2 Å². The van der Waals surface area contributed by atoms with E-state index in [1.54, 1.807) is 11.0 Å². The van der Waals surface area contributed by atoms with E-state index < -0.39 is 0 Å². The normalized spacial score (nSPS) is 16.7. The first-order valence-electron chi connectivity index (χ1n) is 8.89. The zero-order valence-corrected chi connectivity index (χ0v) is 15.4. The van der Waals surface area contributed by atoms with Gasteiger partial charge in [0.1, 0.15) is 5.75 Å². The van der Waals surface area contributed by atoms with Crippen LogP contribution >= 0.6 is 0 Å². The van der Waals surface area contributed by atoms with Crippen molar-refractivity contribution in [1.82, 2.24) is 0 Å². The Bertz CT molecular complexity index is 812. The maximum atomic E-state index is 12.7. The van der Waals surface area contributed by atoms with Crippen LogP contribution in [0.25, 0.3) is 0 Å². The third-order valence-corrected chi connectivity index (χ3v) is 4.46.